The number of carbonyl (C=O) groups is 1. The largest absolute Gasteiger partial charge is 0.497 e. The second kappa shape index (κ2) is 9.83. The van der Waals surface area contributed by atoms with Gasteiger partial charge in [-0.25, -0.2) is 9.78 Å². The van der Waals surface area contributed by atoms with Crippen LogP contribution in [0.2, 0.25) is 0 Å². The Labute approximate surface area is 187 Å². The Morgan fingerprint density at radius 1 is 0.938 bits per heavy atom. The lowest BCUT2D eigenvalue weighted by Crippen LogP contribution is -2.34. The number of nitrogens with one attached hydrogen (secondary N) is 1. The SMILES string of the molecule is COc1ccc(CN(Cc2nc(-c3ccccc3)oc2C)C(=O)Nc2ccccc2)cc1. The fraction of sp³-hybridized carbons (Fsp3) is 0.154. The number of methoxy groups -OCH3 is 1. The first-order valence-corrected chi connectivity index (χ1v) is 10.4. The zero-order valence-corrected chi connectivity index (χ0v) is 18.1. The van der Waals surface area contributed by atoms with Crippen molar-refractivity contribution in [1.29, 1.82) is 0 Å². The van der Waals surface area contributed by atoms with Gasteiger partial charge in [0.25, 0.3) is 0 Å². The second-order valence-corrected chi connectivity index (χ2v) is 7.39. The summed E-state index contributed by atoms with van der Waals surface area (Å²) in [6.07, 6.45) is 0. The number of urea groups is 1. The molecule has 1 heterocycles. The maximum atomic E-state index is 13.2. The lowest BCUT2D eigenvalue weighted by Gasteiger charge is -2.23. The molecule has 1 N–H and O–H groups in total. The molecular weight excluding hydrogens is 402 g/mol. The van der Waals surface area contributed by atoms with E-state index in [0.29, 0.717) is 24.7 Å². The minimum atomic E-state index is -0.212. The van der Waals surface area contributed by atoms with Gasteiger partial charge in [-0.05, 0) is 48.9 Å². The average Bonchev–Trinajstić information content (AvgIpc) is 3.20. The van der Waals surface area contributed by atoms with Crippen LogP contribution in [-0.2, 0) is 13.1 Å². The highest BCUT2D eigenvalue weighted by Gasteiger charge is 2.20. The molecule has 0 saturated carbocycles. The average molecular weight is 428 g/mol. The minimum absolute atomic E-state index is 0.212. The Kier molecular flexibility index (Phi) is 6.51. The summed E-state index contributed by atoms with van der Waals surface area (Å²) >= 11 is 0. The van der Waals surface area contributed by atoms with Crippen molar-refractivity contribution in [3.05, 3.63) is 102 Å². The van der Waals surface area contributed by atoms with E-state index in [1.807, 2.05) is 91.9 Å². The van der Waals surface area contributed by atoms with Gasteiger partial charge in [0, 0.05) is 17.8 Å². The van der Waals surface area contributed by atoms with E-state index in [-0.39, 0.29) is 6.03 Å². The van der Waals surface area contributed by atoms with Gasteiger partial charge in [-0.2, -0.15) is 0 Å². The molecule has 3 aromatic carbocycles. The van der Waals surface area contributed by atoms with Gasteiger partial charge >= 0.3 is 6.03 Å². The molecule has 6 heteroatoms. The number of para-hydroxylation sites is 1. The van der Waals surface area contributed by atoms with Gasteiger partial charge in [0.15, 0.2) is 0 Å². The number of hydrogen-bond acceptors (Lipinski definition) is 4. The lowest BCUT2D eigenvalue weighted by atomic mass is 10.2. The molecule has 6 nitrogen and oxygen atoms in total. The fourth-order valence-electron chi connectivity index (χ4n) is 3.33. The maximum Gasteiger partial charge on any atom is 0.322 e. The van der Waals surface area contributed by atoms with Gasteiger partial charge in [0.1, 0.15) is 17.2 Å². The summed E-state index contributed by atoms with van der Waals surface area (Å²) in [6.45, 7) is 2.60. The Morgan fingerprint density at radius 3 is 2.25 bits per heavy atom. The molecule has 0 bridgehead atoms. The van der Waals surface area contributed by atoms with E-state index in [1.165, 1.54) is 0 Å². The highest BCUT2D eigenvalue weighted by atomic mass is 16.5. The molecule has 0 saturated heterocycles. The highest BCUT2D eigenvalue weighted by Crippen LogP contribution is 2.23. The molecule has 0 spiro atoms. The molecule has 2 amide bonds. The Bertz CT molecular complexity index is 1160. The van der Waals surface area contributed by atoms with Crippen molar-refractivity contribution >= 4 is 11.7 Å². The smallest absolute Gasteiger partial charge is 0.322 e. The van der Waals surface area contributed by atoms with Crippen LogP contribution in [0, 0.1) is 6.92 Å². The Morgan fingerprint density at radius 2 is 1.59 bits per heavy atom. The van der Waals surface area contributed by atoms with Crippen molar-refractivity contribution in [2.75, 3.05) is 12.4 Å². The van der Waals surface area contributed by atoms with Gasteiger partial charge in [0.2, 0.25) is 5.89 Å². The van der Waals surface area contributed by atoms with Crippen molar-refractivity contribution in [3.8, 4) is 17.2 Å². The molecule has 0 unspecified atom stereocenters. The predicted molar refractivity (Wildman–Crippen MR) is 124 cm³/mol. The first kappa shape index (κ1) is 21.2. The topological polar surface area (TPSA) is 67.6 Å². The number of oxazole rings is 1. The molecule has 0 fully saturated rings. The number of anilines is 1. The summed E-state index contributed by atoms with van der Waals surface area (Å²) in [6, 6.07) is 26.6. The van der Waals surface area contributed by atoms with E-state index in [2.05, 4.69) is 10.3 Å². The van der Waals surface area contributed by atoms with Crippen LogP contribution in [0.25, 0.3) is 11.5 Å². The zero-order chi connectivity index (χ0) is 22.3. The molecular formula is C26H25N3O3. The Hall–Kier alpha value is -4.06. The number of hydrogen-bond donors (Lipinski definition) is 1. The number of aryl methyl sites for hydroxylation is 1. The van der Waals surface area contributed by atoms with Crippen molar-refractivity contribution in [3.63, 3.8) is 0 Å². The summed E-state index contributed by atoms with van der Waals surface area (Å²) in [5.41, 5.74) is 3.34. The van der Waals surface area contributed by atoms with Gasteiger partial charge in [-0.3, -0.25) is 0 Å². The summed E-state index contributed by atoms with van der Waals surface area (Å²) in [5, 5.41) is 2.97. The normalized spacial score (nSPS) is 10.6. The van der Waals surface area contributed by atoms with Crippen molar-refractivity contribution in [2.24, 2.45) is 0 Å². The van der Waals surface area contributed by atoms with Gasteiger partial charge < -0.3 is 19.4 Å². The second-order valence-electron chi connectivity index (χ2n) is 7.39. The number of aromatic nitrogens is 1. The number of benzene rings is 3. The van der Waals surface area contributed by atoms with E-state index in [4.69, 9.17) is 9.15 Å². The van der Waals surface area contributed by atoms with Crippen LogP contribution < -0.4 is 10.1 Å². The van der Waals surface area contributed by atoms with Crippen LogP contribution in [0.3, 0.4) is 0 Å². The first-order chi connectivity index (χ1) is 15.6. The van der Waals surface area contributed by atoms with Crippen LogP contribution in [0.5, 0.6) is 5.75 Å². The number of amides is 2. The van der Waals surface area contributed by atoms with Gasteiger partial charge in [-0.15, -0.1) is 0 Å². The summed E-state index contributed by atoms with van der Waals surface area (Å²) in [7, 11) is 1.63. The quantitative estimate of drug-likeness (QED) is 0.399. The van der Waals surface area contributed by atoms with Crippen molar-refractivity contribution in [1.82, 2.24) is 9.88 Å². The third-order valence-electron chi connectivity index (χ3n) is 5.10. The number of ether oxygens (including phenoxy) is 1. The monoisotopic (exact) mass is 427 g/mol. The van der Waals surface area contributed by atoms with Crippen LogP contribution in [0.1, 0.15) is 17.0 Å². The van der Waals surface area contributed by atoms with E-state index in [0.717, 1.165) is 28.3 Å². The molecule has 0 aliphatic rings. The first-order valence-electron chi connectivity index (χ1n) is 10.4. The molecule has 0 aliphatic carbocycles. The van der Waals surface area contributed by atoms with Crippen molar-refractivity contribution < 1.29 is 13.9 Å². The Balaban J connectivity index is 1.58. The number of rotatable bonds is 7. The molecule has 4 aromatic rings. The van der Waals surface area contributed by atoms with E-state index in [9.17, 15) is 4.79 Å². The maximum absolute atomic E-state index is 13.2. The predicted octanol–water partition coefficient (Wildman–Crippen LogP) is 5.89. The van der Waals surface area contributed by atoms with Crippen LogP contribution in [0.15, 0.2) is 89.3 Å². The van der Waals surface area contributed by atoms with E-state index in [1.54, 1.807) is 12.0 Å². The van der Waals surface area contributed by atoms with Crippen molar-refractivity contribution in [2.45, 2.75) is 20.0 Å². The van der Waals surface area contributed by atoms with E-state index < -0.39 is 0 Å². The standard InChI is InChI=1S/C26H25N3O3/c1-19-24(28-25(32-19)21-9-5-3-6-10-21)18-29(17-20-13-15-23(31-2)16-14-20)26(30)27-22-11-7-4-8-12-22/h3-16H,17-18H2,1-2H3,(H,27,30). The van der Waals surface area contributed by atoms with Gasteiger partial charge in [-0.1, -0.05) is 48.5 Å². The van der Waals surface area contributed by atoms with Gasteiger partial charge in [0.05, 0.1) is 13.7 Å². The molecule has 162 valence electrons. The highest BCUT2D eigenvalue weighted by molar-refractivity contribution is 5.89. The molecule has 0 aliphatic heterocycles. The molecule has 0 atom stereocenters. The number of carbonyl (C=O) groups excluding carboxylic acids is 1. The summed E-state index contributed by atoms with van der Waals surface area (Å²) < 4.78 is 11.1. The molecule has 32 heavy (non-hydrogen) atoms. The third kappa shape index (κ3) is 5.16. The van der Waals surface area contributed by atoms with Crippen LogP contribution in [0.4, 0.5) is 10.5 Å². The molecule has 1 aromatic heterocycles. The zero-order valence-electron chi connectivity index (χ0n) is 18.1. The lowest BCUT2D eigenvalue weighted by molar-refractivity contribution is 0.205. The molecule has 0 radical (unpaired) electrons. The van der Waals surface area contributed by atoms with Crippen LogP contribution in [-0.4, -0.2) is 23.0 Å². The summed E-state index contributed by atoms with van der Waals surface area (Å²) in [4.78, 5) is 19.6. The third-order valence-corrected chi connectivity index (χ3v) is 5.10. The minimum Gasteiger partial charge on any atom is -0.497 e. The number of nitrogens with zero attached hydrogens (tertiary/aromatic N) is 2. The fourth-order valence-corrected chi connectivity index (χ4v) is 3.33. The van der Waals surface area contributed by atoms with Crippen LogP contribution >= 0.6 is 0 Å². The molecule has 4 rings (SSSR count). The van der Waals surface area contributed by atoms with E-state index >= 15 is 0 Å². The summed E-state index contributed by atoms with van der Waals surface area (Å²) in [5.74, 6) is 2.01.